The van der Waals surface area contributed by atoms with Gasteiger partial charge in [0.15, 0.2) is 0 Å². The molecule has 3 nitrogen and oxygen atoms in total. The highest BCUT2D eigenvalue weighted by Crippen LogP contribution is 2.52. The summed E-state index contributed by atoms with van der Waals surface area (Å²) in [6.07, 6.45) is 16.9. The van der Waals surface area contributed by atoms with Crippen molar-refractivity contribution in [2.75, 3.05) is 4.90 Å². The summed E-state index contributed by atoms with van der Waals surface area (Å²) in [5.41, 5.74) is 29.2. The molecule has 0 saturated heterocycles. The van der Waals surface area contributed by atoms with Gasteiger partial charge in [0.25, 0.3) is 0 Å². The third-order valence-electron chi connectivity index (χ3n) is 13.1. The highest BCUT2D eigenvalue weighted by Gasteiger charge is 2.39. The molecule has 0 fully saturated rings. The van der Waals surface area contributed by atoms with E-state index < -0.39 is 0 Å². The standard InChI is InChI=1S/C52H45N3/c1-32-28-36(31-48-39(26-27-53)33(2)54(52(32)48)37-13-4-3-5-14-37)34-22-25-50-47(30-34)43-18-8-9-21-49(43)55(50)38-15-10-12-35(29-38)40-23-24-46-42-17-7-6-16-41(42)45-20-11-19-44(40)51(45)46/h3-7,10-17,19-20,22,24-32,40,52H,8-9,18,21,23,53H2,1-2H3/b27-26-. The summed E-state index contributed by atoms with van der Waals surface area (Å²) < 4.78 is 2.60. The van der Waals surface area contributed by atoms with Crippen molar-refractivity contribution in [2.45, 2.75) is 57.9 Å². The van der Waals surface area contributed by atoms with E-state index in [-0.39, 0.29) is 6.04 Å². The second kappa shape index (κ2) is 12.5. The first kappa shape index (κ1) is 32.4. The van der Waals surface area contributed by atoms with Crippen LogP contribution in [0.1, 0.15) is 78.1 Å². The van der Waals surface area contributed by atoms with Gasteiger partial charge in [0.05, 0.1) is 11.6 Å². The van der Waals surface area contributed by atoms with E-state index in [0.29, 0.717) is 11.8 Å². The van der Waals surface area contributed by atoms with E-state index >= 15 is 0 Å². The third-order valence-corrected chi connectivity index (χ3v) is 13.1. The maximum atomic E-state index is 6.06. The van der Waals surface area contributed by atoms with Crippen molar-refractivity contribution in [1.29, 1.82) is 0 Å². The van der Waals surface area contributed by atoms with E-state index in [2.05, 4.69) is 163 Å². The van der Waals surface area contributed by atoms with Crippen LogP contribution >= 0.6 is 0 Å². The minimum atomic E-state index is 0.237. The molecular formula is C52H45N3. The minimum absolute atomic E-state index is 0.237. The summed E-state index contributed by atoms with van der Waals surface area (Å²) >= 11 is 0. The summed E-state index contributed by atoms with van der Waals surface area (Å²) in [7, 11) is 0. The van der Waals surface area contributed by atoms with Gasteiger partial charge in [-0.15, -0.1) is 0 Å². The molecule has 0 amide bonds. The number of nitrogens with two attached hydrogens (primary N) is 1. The zero-order valence-electron chi connectivity index (χ0n) is 31.6. The van der Waals surface area contributed by atoms with Gasteiger partial charge in [-0.05, 0) is 161 Å². The van der Waals surface area contributed by atoms with E-state index in [0.717, 1.165) is 19.3 Å². The largest absolute Gasteiger partial charge is 0.405 e. The number of nitrogens with zero attached hydrogens (tertiary/aromatic N) is 2. The molecule has 3 heteroatoms. The fraction of sp³-hybridized carbons (Fsp3) is 0.192. The van der Waals surface area contributed by atoms with Gasteiger partial charge in [-0.25, -0.2) is 0 Å². The molecule has 0 radical (unpaired) electrons. The molecule has 4 aliphatic carbocycles. The Labute approximate surface area is 324 Å². The summed E-state index contributed by atoms with van der Waals surface area (Å²) in [5.74, 6) is 0.649. The first-order valence-corrected chi connectivity index (χ1v) is 20.2. The van der Waals surface area contributed by atoms with Crippen LogP contribution in [0.5, 0.6) is 0 Å². The number of aromatic nitrogens is 1. The van der Waals surface area contributed by atoms with E-state index in [1.54, 1.807) is 6.20 Å². The Morgan fingerprint density at radius 2 is 1.55 bits per heavy atom. The topological polar surface area (TPSA) is 34.2 Å². The molecule has 5 aromatic carbocycles. The zero-order valence-corrected chi connectivity index (χ0v) is 31.6. The number of fused-ring (bicyclic) bond motifs is 7. The summed E-state index contributed by atoms with van der Waals surface area (Å²) in [6, 6.07) is 43.6. The molecule has 0 spiro atoms. The number of benzene rings is 5. The van der Waals surface area contributed by atoms with Crippen LogP contribution in [-0.4, -0.2) is 10.6 Å². The lowest BCUT2D eigenvalue weighted by molar-refractivity contribution is 0.597. The predicted octanol–water partition coefficient (Wildman–Crippen LogP) is 12.1. The molecule has 1 aromatic heterocycles. The van der Waals surface area contributed by atoms with Crippen molar-refractivity contribution in [2.24, 2.45) is 11.7 Å². The summed E-state index contributed by atoms with van der Waals surface area (Å²) in [4.78, 5) is 2.50. The average Bonchev–Trinajstić information content (AvgIpc) is 3.84. The number of allylic oxidation sites excluding steroid dienone is 5. The highest BCUT2D eigenvalue weighted by atomic mass is 15.2. The zero-order chi connectivity index (χ0) is 36.8. The molecule has 6 aromatic rings. The van der Waals surface area contributed by atoms with Crippen LogP contribution < -0.4 is 10.6 Å². The molecule has 5 aliphatic rings. The van der Waals surface area contributed by atoms with Gasteiger partial charge in [0.2, 0.25) is 0 Å². The lowest BCUT2D eigenvalue weighted by Gasteiger charge is -2.35. The SMILES string of the molecule is CC1=C(/C=C\N)C2=CC(c3ccc4c(c3)c3c(n4-c4cccc(C5CC=C6c7ccccc7-c7cccc5c76)c4)CCCC3)=CC(C)C2N1c1ccccc1. The number of para-hydroxylation sites is 1. The number of aryl methyl sites for hydroxylation is 1. The quantitative estimate of drug-likeness (QED) is 0.193. The van der Waals surface area contributed by atoms with Gasteiger partial charge in [0.1, 0.15) is 0 Å². The van der Waals surface area contributed by atoms with Crippen molar-refractivity contribution >= 4 is 27.7 Å². The summed E-state index contributed by atoms with van der Waals surface area (Å²) in [6.45, 7) is 4.60. The van der Waals surface area contributed by atoms with Crippen molar-refractivity contribution in [3.63, 3.8) is 0 Å². The van der Waals surface area contributed by atoms with Crippen LogP contribution in [0.25, 0.3) is 38.9 Å². The van der Waals surface area contributed by atoms with Crippen LogP contribution in [0.2, 0.25) is 0 Å². The molecule has 2 heterocycles. The molecule has 1 aliphatic heterocycles. The molecule has 0 saturated carbocycles. The van der Waals surface area contributed by atoms with Crippen LogP contribution in [0.3, 0.4) is 0 Å². The highest BCUT2D eigenvalue weighted by molar-refractivity contribution is 6.03. The van der Waals surface area contributed by atoms with Gasteiger partial charge < -0.3 is 15.2 Å². The fourth-order valence-corrected chi connectivity index (χ4v) is 10.8. The maximum absolute atomic E-state index is 6.06. The Balaban J connectivity index is 0.989. The van der Waals surface area contributed by atoms with Gasteiger partial charge in [-0.1, -0.05) is 97.9 Å². The number of hydrogen-bond acceptors (Lipinski definition) is 2. The van der Waals surface area contributed by atoms with Crippen LogP contribution in [0.15, 0.2) is 163 Å². The van der Waals surface area contributed by atoms with Crippen LogP contribution in [0, 0.1) is 5.92 Å². The minimum Gasteiger partial charge on any atom is -0.405 e. The van der Waals surface area contributed by atoms with Crippen LogP contribution in [0.4, 0.5) is 5.69 Å². The Bertz CT molecular complexity index is 2730. The van der Waals surface area contributed by atoms with Gasteiger partial charge in [-0.2, -0.15) is 0 Å². The van der Waals surface area contributed by atoms with Gasteiger partial charge in [-0.3, -0.25) is 0 Å². The fourth-order valence-electron chi connectivity index (χ4n) is 10.8. The normalized spacial score (nSPS) is 20.9. The van der Waals surface area contributed by atoms with E-state index in [1.165, 1.54) is 113 Å². The van der Waals surface area contributed by atoms with E-state index in [9.17, 15) is 0 Å². The van der Waals surface area contributed by atoms with Gasteiger partial charge >= 0.3 is 0 Å². The smallest absolute Gasteiger partial charge is 0.0655 e. The Kier molecular flexibility index (Phi) is 7.36. The third kappa shape index (κ3) is 4.82. The summed E-state index contributed by atoms with van der Waals surface area (Å²) in [5, 5.41) is 1.40. The van der Waals surface area contributed by atoms with Crippen molar-refractivity contribution in [3.05, 3.63) is 202 Å². The first-order chi connectivity index (χ1) is 27.1. The average molecular weight is 712 g/mol. The van der Waals surface area contributed by atoms with Gasteiger partial charge in [0, 0.05) is 39.6 Å². The number of anilines is 1. The Hall–Kier alpha value is -6.06. The number of rotatable bonds is 5. The van der Waals surface area contributed by atoms with Crippen molar-refractivity contribution in [3.8, 4) is 16.8 Å². The lowest BCUT2D eigenvalue weighted by Crippen LogP contribution is -2.36. The second-order valence-electron chi connectivity index (χ2n) is 16.1. The molecular weight excluding hydrogens is 667 g/mol. The monoisotopic (exact) mass is 711 g/mol. The maximum Gasteiger partial charge on any atom is 0.0655 e. The van der Waals surface area contributed by atoms with Crippen LogP contribution in [-0.2, 0) is 12.8 Å². The lowest BCUT2D eigenvalue weighted by atomic mass is 9.79. The molecule has 268 valence electrons. The van der Waals surface area contributed by atoms with Crippen molar-refractivity contribution < 1.29 is 0 Å². The molecule has 2 N–H and O–H groups in total. The second-order valence-corrected chi connectivity index (χ2v) is 16.1. The molecule has 11 rings (SSSR count). The molecule has 55 heavy (non-hydrogen) atoms. The number of hydrogen-bond donors (Lipinski definition) is 1. The van der Waals surface area contributed by atoms with E-state index in [4.69, 9.17) is 5.73 Å². The van der Waals surface area contributed by atoms with Crippen molar-refractivity contribution in [1.82, 2.24) is 4.57 Å². The molecule has 3 unspecified atom stereocenters. The first-order valence-electron chi connectivity index (χ1n) is 20.2. The van der Waals surface area contributed by atoms with E-state index in [1.807, 2.05) is 0 Å². The molecule has 0 bridgehead atoms. The Morgan fingerprint density at radius 1 is 0.764 bits per heavy atom. The Morgan fingerprint density at radius 3 is 2.42 bits per heavy atom. The molecule has 3 atom stereocenters. The predicted molar refractivity (Wildman–Crippen MR) is 229 cm³/mol.